The number of nitrogens with zero attached hydrogens (tertiary/aromatic N) is 1. The van der Waals surface area contributed by atoms with E-state index in [4.69, 9.17) is 5.14 Å². The second-order valence-corrected chi connectivity index (χ2v) is 4.16. The van der Waals surface area contributed by atoms with Crippen molar-refractivity contribution >= 4 is 38.4 Å². The normalized spacial score (nSPS) is 10.5. The molecule has 0 saturated carbocycles. The molecule has 68 valence electrons. The van der Waals surface area contributed by atoms with Crippen LogP contribution in [0.3, 0.4) is 0 Å². The summed E-state index contributed by atoms with van der Waals surface area (Å²) in [5.74, 6) is 0. The van der Waals surface area contributed by atoms with Crippen molar-refractivity contribution in [2.45, 2.75) is 5.03 Å². The summed E-state index contributed by atoms with van der Waals surface area (Å²) >= 11 is 3.02. The smallest absolute Gasteiger partial charge is 0.228 e. The molecule has 0 aliphatic rings. The lowest BCUT2D eigenvalue weighted by atomic mass is 10.5. The maximum Gasteiger partial charge on any atom is 0.255 e. The summed E-state index contributed by atoms with van der Waals surface area (Å²) < 4.78 is 21.8. The third-order valence-electron chi connectivity index (χ3n) is 0.981. The van der Waals surface area contributed by atoms with Gasteiger partial charge >= 0.3 is 0 Å². The molecule has 0 saturated heterocycles. The highest BCUT2D eigenvalue weighted by atomic mass is 79.9. The van der Waals surface area contributed by atoms with Crippen molar-refractivity contribution in [3.05, 3.63) is 22.8 Å². The van der Waals surface area contributed by atoms with Gasteiger partial charge in [-0.1, -0.05) is 6.07 Å². The number of hydrogen-bond acceptors (Lipinski definition) is 3. The fourth-order valence-corrected chi connectivity index (χ4v) is 1.50. The Morgan fingerprint density at radius 1 is 1.42 bits per heavy atom. The Balaban J connectivity index is 0.00000121. The van der Waals surface area contributed by atoms with E-state index in [1.165, 1.54) is 6.07 Å². The van der Waals surface area contributed by atoms with Crippen LogP contribution in [0.4, 0.5) is 0 Å². The number of halogens is 2. The number of nitrogens with two attached hydrogens (primary N) is 1. The minimum absolute atomic E-state index is 0. The van der Waals surface area contributed by atoms with E-state index < -0.39 is 10.0 Å². The molecule has 0 fully saturated rings. The molecule has 2 N–H and O–H groups in total. The van der Waals surface area contributed by atoms with Gasteiger partial charge in [-0.25, -0.2) is 18.5 Å². The molecule has 0 aromatic carbocycles. The van der Waals surface area contributed by atoms with Crippen LogP contribution in [0.2, 0.25) is 0 Å². The molecule has 0 spiro atoms. The molecular weight excluding hydrogens is 267 g/mol. The summed E-state index contributed by atoms with van der Waals surface area (Å²) in [6, 6.07) is 4.51. The van der Waals surface area contributed by atoms with Gasteiger partial charge < -0.3 is 0 Å². The summed E-state index contributed by atoms with van der Waals surface area (Å²) in [5.41, 5.74) is 0. The van der Waals surface area contributed by atoms with Gasteiger partial charge in [0.2, 0.25) is 0 Å². The van der Waals surface area contributed by atoms with E-state index in [1.807, 2.05) is 0 Å². The highest BCUT2D eigenvalue weighted by molar-refractivity contribution is 9.10. The van der Waals surface area contributed by atoms with Crippen LogP contribution < -0.4 is 5.14 Å². The Bertz CT molecular complexity index is 367. The fraction of sp³-hybridized carbons (Fsp3) is 0. The molecule has 4 nitrogen and oxygen atoms in total. The first-order chi connectivity index (χ1) is 5.00. The zero-order chi connectivity index (χ0) is 8.48. The second kappa shape index (κ2) is 4.18. The van der Waals surface area contributed by atoms with Crippen LogP contribution in [0.1, 0.15) is 0 Å². The summed E-state index contributed by atoms with van der Waals surface area (Å²) in [7, 11) is -3.67. The molecule has 0 bridgehead atoms. The molecule has 7 heteroatoms. The number of primary sulfonamides is 1. The maximum atomic E-state index is 10.7. The van der Waals surface area contributed by atoms with Gasteiger partial charge in [-0.2, -0.15) is 0 Å². The minimum Gasteiger partial charge on any atom is -0.228 e. The van der Waals surface area contributed by atoms with Crippen LogP contribution in [0.25, 0.3) is 0 Å². The highest BCUT2D eigenvalue weighted by Crippen LogP contribution is 2.08. The minimum atomic E-state index is -3.67. The van der Waals surface area contributed by atoms with Crippen molar-refractivity contribution in [1.29, 1.82) is 0 Å². The van der Waals surface area contributed by atoms with Gasteiger partial charge in [0.15, 0.2) is 5.03 Å². The number of hydrogen-bond donors (Lipinski definition) is 1. The predicted octanol–water partition coefficient (Wildman–Crippen LogP) is 0.913. The average Bonchev–Trinajstić information content (AvgIpc) is 1.86. The molecule has 1 aromatic heterocycles. The molecule has 1 heterocycles. The van der Waals surface area contributed by atoms with Crippen molar-refractivity contribution in [2.75, 3.05) is 0 Å². The number of aromatic nitrogens is 1. The molecular formula is C5H6BrClN2O2S. The summed E-state index contributed by atoms with van der Waals surface area (Å²) in [6.45, 7) is 0. The maximum absolute atomic E-state index is 10.7. The van der Waals surface area contributed by atoms with E-state index in [9.17, 15) is 8.42 Å². The predicted molar refractivity (Wildman–Crippen MR) is 50.6 cm³/mol. The Morgan fingerprint density at radius 3 is 2.33 bits per heavy atom. The van der Waals surface area contributed by atoms with E-state index in [0.29, 0.717) is 4.60 Å². The van der Waals surface area contributed by atoms with Crippen molar-refractivity contribution in [3.63, 3.8) is 0 Å². The van der Waals surface area contributed by atoms with E-state index in [2.05, 4.69) is 20.9 Å². The van der Waals surface area contributed by atoms with Crippen LogP contribution in [0, 0.1) is 0 Å². The Kier molecular flexibility index (Phi) is 4.12. The van der Waals surface area contributed by atoms with Crippen LogP contribution in [0.15, 0.2) is 27.8 Å². The molecule has 0 unspecified atom stereocenters. The van der Waals surface area contributed by atoms with Crippen molar-refractivity contribution in [1.82, 2.24) is 4.98 Å². The average molecular weight is 274 g/mol. The third-order valence-corrected chi connectivity index (χ3v) is 2.23. The lowest BCUT2D eigenvalue weighted by Crippen LogP contribution is -2.13. The SMILES string of the molecule is Cl.NS(=O)(=O)c1cccc(Br)n1. The van der Waals surface area contributed by atoms with Gasteiger partial charge in [0.1, 0.15) is 4.60 Å². The van der Waals surface area contributed by atoms with Crippen LogP contribution in [0.5, 0.6) is 0 Å². The molecule has 0 radical (unpaired) electrons. The van der Waals surface area contributed by atoms with Crippen molar-refractivity contribution in [2.24, 2.45) is 5.14 Å². The van der Waals surface area contributed by atoms with Gasteiger partial charge in [0.05, 0.1) is 0 Å². The monoisotopic (exact) mass is 272 g/mol. The number of rotatable bonds is 1. The summed E-state index contributed by atoms with van der Waals surface area (Å²) in [5, 5.41) is 4.68. The van der Waals surface area contributed by atoms with E-state index >= 15 is 0 Å². The topological polar surface area (TPSA) is 73.1 Å². The number of pyridine rings is 1. The molecule has 0 aliphatic carbocycles. The quantitative estimate of drug-likeness (QED) is 0.773. The van der Waals surface area contributed by atoms with Crippen LogP contribution >= 0.6 is 28.3 Å². The van der Waals surface area contributed by atoms with Crippen molar-refractivity contribution < 1.29 is 8.42 Å². The molecule has 1 rings (SSSR count). The lowest BCUT2D eigenvalue weighted by molar-refractivity contribution is 0.594. The standard InChI is InChI=1S/C5H5BrN2O2S.ClH/c6-4-2-1-3-5(8-4)11(7,9)10;/h1-3H,(H2,7,9,10);1H. The lowest BCUT2D eigenvalue weighted by Gasteiger charge is -1.95. The van der Waals surface area contributed by atoms with E-state index in [1.54, 1.807) is 12.1 Å². The first kappa shape index (κ1) is 11.8. The molecule has 0 amide bonds. The second-order valence-electron chi connectivity index (χ2n) is 1.84. The Hall–Kier alpha value is -0.170. The van der Waals surface area contributed by atoms with Crippen molar-refractivity contribution in [3.8, 4) is 0 Å². The first-order valence-corrected chi connectivity index (χ1v) is 4.99. The van der Waals surface area contributed by atoms with E-state index in [-0.39, 0.29) is 17.4 Å². The summed E-state index contributed by atoms with van der Waals surface area (Å²) in [6.07, 6.45) is 0. The fourth-order valence-electron chi connectivity index (χ4n) is 0.548. The van der Waals surface area contributed by atoms with Crippen LogP contribution in [-0.2, 0) is 10.0 Å². The summed E-state index contributed by atoms with van der Waals surface area (Å²) in [4.78, 5) is 3.65. The van der Waals surface area contributed by atoms with Gasteiger partial charge in [-0.05, 0) is 28.1 Å². The van der Waals surface area contributed by atoms with Gasteiger partial charge in [0, 0.05) is 0 Å². The molecule has 12 heavy (non-hydrogen) atoms. The zero-order valence-corrected chi connectivity index (χ0v) is 8.99. The van der Waals surface area contributed by atoms with Crippen LogP contribution in [-0.4, -0.2) is 13.4 Å². The molecule has 0 atom stereocenters. The third kappa shape index (κ3) is 3.06. The largest absolute Gasteiger partial charge is 0.255 e. The van der Waals surface area contributed by atoms with Gasteiger partial charge in [0.25, 0.3) is 10.0 Å². The molecule has 0 aliphatic heterocycles. The zero-order valence-electron chi connectivity index (χ0n) is 5.77. The Labute approximate surface area is 84.8 Å². The highest BCUT2D eigenvalue weighted by Gasteiger charge is 2.08. The molecule has 1 aromatic rings. The van der Waals surface area contributed by atoms with E-state index in [0.717, 1.165) is 0 Å². The number of sulfonamides is 1. The van der Waals surface area contributed by atoms with Gasteiger partial charge in [-0.15, -0.1) is 12.4 Å². The van der Waals surface area contributed by atoms with Gasteiger partial charge in [-0.3, -0.25) is 0 Å². The Morgan fingerprint density at radius 2 is 2.00 bits per heavy atom. The first-order valence-electron chi connectivity index (χ1n) is 2.65.